The van der Waals surface area contributed by atoms with Crippen LogP contribution in [-0.2, 0) is 0 Å². The predicted octanol–water partition coefficient (Wildman–Crippen LogP) is 5.51. The number of carbonyl (C=O) groups is 3. The maximum atomic E-state index is 12.9. The fourth-order valence-electron chi connectivity index (χ4n) is 2.47. The highest BCUT2D eigenvalue weighted by atomic mass is 127. The van der Waals surface area contributed by atoms with E-state index in [2.05, 4.69) is 0 Å². The van der Waals surface area contributed by atoms with Crippen molar-refractivity contribution >= 4 is 38.5 Å². The molecule has 0 unspecified atom stereocenters. The van der Waals surface area contributed by atoms with Crippen LogP contribution >= 0.6 is 22.6 Å². The average Bonchev–Trinajstić information content (AvgIpc) is 2.71. The molecule has 0 aliphatic carbocycles. The summed E-state index contributed by atoms with van der Waals surface area (Å²) in [5.74, 6) is -0.856. The van der Waals surface area contributed by atoms with Gasteiger partial charge in [-0.15, -0.1) is 0 Å². The van der Waals surface area contributed by atoms with E-state index in [0.29, 0.717) is 11.3 Å². The van der Waals surface area contributed by atoms with E-state index in [1.807, 2.05) is 0 Å². The molecule has 0 radical (unpaired) electrons. The molecule has 3 aromatic carbocycles. The fraction of sp³-hybridized carbons (Fsp3) is 0.0455. The van der Waals surface area contributed by atoms with E-state index in [0.717, 1.165) is 0 Å². The molecule has 0 aromatic heterocycles. The number of benzene rings is 3. The van der Waals surface area contributed by atoms with Crippen LogP contribution in [0.2, 0.25) is 0 Å². The third-order valence-electron chi connectivity index (χ3n) is 3.93. The smallest absolute Gasteiger partial charge is 0.372 e. The zero-order chi connectivity index (χ0) is 21.7. The second-order valence-electron chi connectivity index (χ2n) is 6.08. The van der Waals surface area contributed by atoms with Gasteiger partial charge in [0.25, 0.3) is 0 Å². The molecule has 8 heteroatoms. The van der Waals surface area contributed by atoms with E-state index in [-0.39, 0.29) is 22.6 Å². The van der Waals surface area contributed by atoms with E-state index in [1.165, 1.54) is 89.3 Å². The van der Waals surface area contributed by atoms with Gasteiger partial charge in [-0.2, -0.15) is 0 Å². The van der Waals surface area contributed by atoms with Crippen LogP contribution in [0.25, 0.3) is 0 Å². The van der Waals surface area contributed by atoms with Crippen LogP contribution < -0.4 is 14.2 Å². The quantitative estimate of drug-likeness (QED) is 0.191. The molecule has 0 aliphatic rings. The second-order valence-corrected chi connectivity index (χ2v) is 6.96. The SMILES string of the molecule is Cc1cc(C(=O)Oc2ccc(F)cc2)ccc1OC(=O)c1ccc(OC(=O)I)cc1. The number of halogens is 2. The number of ether oxygens (including phenoxy) is 3. The van der Waals surface area contributed by atoms with Gasteiger partial charge < -0.3 is 14.2 Å². The second kappa shape index (κ2) is 9.49. The Morgan fingerprint density at radius 3 is 1.87 bits per heavy atom. The van der Waals surface area contributed by atoms with Gasteiger partial charge in [0, 0.05) is 0 Å². The number of carbonyl (C=O) groups excluding carboxylic acids is 3. The Kier molecular flexibility index (Phi) is 6.78. The molecule has 0 amide bonds. The van der Waals surface area contributed by atoms with Crippen molar-refractivity contribution in [3.8, 4) is 17.2 Å². The molecule has 0 atom stereocenters. The summed E-state index contributed by atoms with van der Waals surface area (Å²) in [6, 6.07) is 15.5. The van der Waals surface area contributed by atoms with Crippen molar-refractivity contribution in [3.63, 3.8) is 0 Å². The van der Waals surface area contributed by atoms with Gasteiger partial charge in [0.2, 0.25) is 0 Å². The molecule has 0 aliphatic heterocycles. The van der Waals surface area contributed by atoms with E-state index >= 15 is 0 Å². The van der Waals surface area contributed by atoms with Gasteiger partial charge in [-0.25, -0.2) is 18.8 Å². The Bertz CT molecular complexity index is 1090. The number of hydrogen-bond acceptors (Lipinski definition) is 6. The minimum atomic E-state index is -0.622. The normalized spacial score (nSPS) is 10.2. The molecule has 6 nitrogen and oxygen atoms in total. The Balaban J connectivity index is 1.67. The lowest BCUT2D eigenvalue weighted by Crippen LogP contribution is -2.11. The van der Waals surface area contributed by atoms with E-state index in [9.17, 15) is 18.8 Å². The van der Waals surface area contributed by atoms with Crippen LogP contribution in [0.1, 0.15) is 26.3 Å². The van der Waals surface area contributed by atoms with E-state index < -0.39 is 21.7 Å². The number of esters is 2. The highest BCUT2D eigenvalue weighted by molar-refractivity contribution is 14.1. The molecule has 0 spiro atoms. The standard InChI is InChI=1S/C22H14FIO6/c1-13-12-15(21(26)28-17-9-5-16(23)6-10-17)4-11-19(13)30-20(25)14-2-7-18(8-3-14)29-22(24)27/h2-12H,1H3. The highest BCUT2D eigenvalue weighted by Gasteiger charge is 2.14. The van der Waals surface area contributed by atoms with Crippen LogP contribution in [0.3, 0.4) is 0 Å². The lowest BCUT2D eigenvalue weighted by molar-refractivity contribution is 0.0730. The highest BCUT2D eigenvalue weighted by Crippen LogP contribution is 2.23. The molecule has 0 saturated carbocycles. The van der Waals surface area contributed by atoms with Crippen molar-refractivity contribution in [2.75, 3.05) is 0 Å². The predicted molar refractivity (Wildman–Crippen MR) is 114 cm³/mol. The molecule has 0 N–H and O–H groups in total. The minimum Gasteiger partial charge on any atom is -0.423 e. The van der Waals surface area contributed by atoms with Crippen molar-refractivity contribution in [1.82, 2.24) is 0 Å². The summed E-state index contributed by atoms with van der Waals surface area (Å²) in [5.41, 5.74) is 1.07. The zero-order valence-electron chi connectivity index (χ0n) is 15.6. The molecule has 0 fully saturated rings. The van der Waals surface area contributed by atoms with Crippen LogP contribution in [0.5, 0.6) is 17.2 Å². The van der Waals surface area contributed by atoms with Crippen molar-refractivity contribution in [2.45, 2.75) is 6.92 Å². The van der Waals surface area contributed by atoms with Crippen molar-refractivity contribution < 1.29 is 33.0 Å². The average molecular weight is 520 g/mol. The van der Waals surface area contributed by atoms with Gasteiger partial charge >= 0.3 is 15.9 Å². The molecule has 0 saturated heterocycles. The lowest BCUT2D eigenvalue weighted by atomic mass is 10.1. The molecule has 0 bridgehead atoms. The summed E-state index contributed by atoms with van der Waals surface area (Å²) in [6.07, 6.45) is 0. The van der Waals surface area contributed by atoms with Crippen LogP contribution in [0.4, 0.5) is 9.18 Å². The van der Waals surface area contributed by atoms with Gasteiger partial charge in [-0.1, -0.05) is 0 Å². The van der Waals surface area contributed by atoms with Gasteiger partial charge in [0.05, 0.1) is 33.7 Å². The third kappa shape index (κ3) is 5.63. The molecule has 152 valence electrons. The van der Waals surface area contributed by atoms with Gasteiger partial charge in [-0.3, -0.25) is 0 Å². The number of hydrogen-bond donors (Lipinski definition) is 0. The molecular formula is C22H14FIO6. The maximum Gasteiger partial charge on any atom is 0.372 e. The molecule has 3 rings (SSSR count). The van der Waals surface area contributed by atoms with E-state index in [1.54, 1.807) is 6.92 Å². The van der Waals surface area contributed by atoms with Crippen molar-refractivity contribution in [3.05, 3.63) is 89.2 Å². The van der Waals surface area contributed by atoms with Crippen molar-refractivity contribution in [1.29, 1.82) is 0 Å². The largest absolute Gasteiger partial charge is 0.423 e. The third-order valence-corrected chi connectivity index (χ3v) is 4.15. The Morgan fingerprint density at radius 1 is 0.733 bits per heavy atom. The topological polar surface area (TPSA) is 78.9 Å². The first-order valence-electron chi connectivity index (χ1n) is 8.60. The molecular weight excluding hydrogens is 506 g/mol. The Hall–Kier alpha value is -3.27. The summed E-state index contributed by atoms with van der Waals surface area (Å²) >= 11 is 1.50. The first-order chi connectivity index (χ1) is 14.3. The van der Waals surface area contributed by atoms with Crippen LogP contribution in [0.15, 0.2) is 66.7 Å². The summed E-state index contributed by atoms with van der Waals surface area (Å²) in [7, 11) is 0. The molecule has 0 heterocycles. The summed E-state index contributed by atoms with van der Waals surface area (Å²) in [6.45, 7) is 1.68. The first kappa shape index (κ1) is 21.4. The van der Waals surface area contributed by atoms with E-state index in [4.69, 9.17) is 14.2 Å². The summed E-state index contributed by atoms with van der Waals surface area (Å²) < 4.78 is 27.9. The van der Waals surface area contributed by atoms with Crippen LogP contribution in [-0.4, -0.2) is 15.9 Å². The minimum absolute atomic E-state index is 0.214. The monoisotopic (exact) mass is 520 g/mol. The number of aryl methyl sites for hydroxylation is 1. The van der Waals surface area contributed by atoms with Crippen LogP contribution in [0, 0.1) is 12.7 Å². The Labute approximate surface area is 184 Å². The summed E-state index contributed by atoms with van der Waals surface area (Å²) in [5, 5.41) is 0. The van der Waals surface area contributed by atoms with Gasteiger partial charge in [0.15, 0.2) is 0 Å². The Morgan fingerprint density at radius 2 is 1.27 bits per heavy atom. The maximum absolute atomic E-state index is 12.9. The number of rotatable bonds is 5. The van der Waals surface area contributed by atoms with Crippen molar-refractivity contribution in [2.24, 2.45) is 0 Å². The summed E-state index contributed by atoms with van der Waals surface area (Å²) in [4.78, 5) is 35.5. The zero-order valence-corrected chi connectivity index (χ0v) is 17.7. The lowest BCUT2D eigenvalue weighted by Gasteiger charge is -2.10. The van der Waals surface area contributed by atoms with Gasteiger partial charge in [-0.05, 0) is 79.2 Å². The molecule has 3 aromatic rings. The van der Waals surface area contributed by atoms with Gasteiger partial charge in [0.1, 0.15) is 23.1 Å². The molecule has 30 heavy (non-hydrogen) atoms. The first-order valence-corrected chi connectivity index (χ1v) is 9.67. The fourth-order valence-corrected chi connectivity index (χ4v) is 2.72.